The van der Waals surface area contributed by atoms with Crippen molar-refractivity contribution in [1.82, 2.24) is 14.1 Å². The highest BCUT2D eigenvalue weighted by Crippen LogP contribution is 2.23. The number of hydrogen-bond acceptors (Lipinski definition) is 4. The molecule has 8 heteroatoms. The van der Waals surface area contributed by atoms with Gasteiger partial charge in [-0.15, -0.1) is 0 Å². The second-order valence-electron chi connectivity index (χ2n) is 5.58. The third-order valence-corrected chi connectivity index (χ3v) is 5.72. The summed E-state index contributed by atoms with van der Waals surface area (Å²) in [6.45, 7) is 1.61. The van der Waals surface area contributed by atoms with Gasteiger partial charge >= 0.3 is 0 Å². The lowest BCUT2D eigenvalue weighted by Crippen LogP contribution is -2.35. The lowest BCUT2D eigenvalue weighted by molar-refractivity contribution is 0.133. The molecule has 2 aromatic rings. The Morgan fingerprint density at radius 1 is 1.26 bits per heavy atom. The Labute approximate surface area is 134 Å². The Hall–Kier alpha value is -1.77. The number of halogens is 1. The molecule has 0 aliphatic carbocycles. The number of fused-ring (bicyclic) bond motifs is 1. The Bertz CT molecular complexity index is 774. The molecule has 0 N–H and O–H groups in total. The smallest absolute Gasteiger partial charge is 0.243 e. The molecule has 0 radical (unpaired) electrons. The summed E-state index contributed by atoms with van der Waals surface area (Å²) in [5.74, 6) is -0.466. The highest BCUT2D eigenvalue weighted by molar-refractivity contribution is 7.89. The summed E-state index contributed by atoms with van der Waals surface area (Å²) in [5.41, 5.74) is 0.828. The Balaban J connectivity index is 1.95. The molecular formula is C15H18FN3O3S. The molecule has 0 saturated heterocycles. The predicted octanol–water partition coefficient (Wildman–Crippen LogP) is 1.49. The van der Waals surface area contributed by atoms with Crippen molar-refractivity contribution in [3.63, 3.8) is 0 Å². The lowest BCUT2D eigenvalue weighted by Gasteiger charge is -2.23. The molecule has 1 aromatic carbocycles. The quantitative estimate of drug-likeness (QED) is 0.847. The largest absolute Gasteiger partial charge is 0.384 e. The highest BCUT2D eigenvalue weighted by atomic mass is 32.2. The molecule has 6 nitrogen and oxygen atoms in total. The lowest BCUT2D eigenvalue weighted by atomic mass is 10.1. The van der Waals surface area contributed by atoms with Crippen LogP contribution in [0.2, 0.25) is 0 Å². The summed E-state index contributed by atoms with van der Waals surface area (Å²) in [7, 11) is -2.11. The third-order valence-electron chi connectivity index (χ3n) is 3.89. The van der Waals surface area contributed by atoms with E-state index in [1.54, 1.807) is 13.3 Å². The fraction of sp³-hybridized carbons (Fsp3) is 0.400. The van der Waals surface area contributed by atoms with Gasteiger partial charge in [0.15, 0.2) is 0 Å². The highest BCUT2D eigenvalue weighted by Gasteiger charge is 2.31. The first kappa shape index (κ1) is 16.1. The SMILES string of the molecule is COCC1CN(S(=O)(=O)c2ccc(F)cc2)Cc2ccnn2C1. The molecule has 1 atom stereocenters. The van der Waals surface area contributed by atoms with E-state index in [-0.39, 0.29) is 17.4 Å². The first-order valence-corrected chi connectivity index (χ1v) is 8.70. The zero-order chi connectivity index (χ0) is 16.4. The molecule has 0 fully saturated rings. The van der Waals surface area contributed by atoms with Crippen molar-refractivity contribution in [3.8, 4) is 0 Å². The van der Waals surface area contributed by atoms with Gasteiger partial charge in [-0.1, -0.05) is 0 Å². The molecule has 1 aromatic heterocycles. The van der Waals surface area contributed by atoms with Gasteiger partial charge in [0.05, 0.1) is 23.7 Å². The first-order chi connectivity index (χ1) is 11.0. The minimum absolute atomic E-state index is 0.00336. The summed E-state index contributed by atoms with van der Waals surface area (Å²) in [4.78, 5) is 0.0861. The van der Waals surface area contributed by atoms with Gasteiger partial charge in [0.1, 0.15) is 5.82 Å². The van der Waals surface area contributed by atoms with Crippen molar-refractivity contribution in [2.75, 3.05) is 20.3 Å². The number of sulfonamides is 1. The molecule has 0 spiro atoms. The van der Waals surface area contributed by atoms with Gasteiger partial charge in [0.25, 0.3) is 0 Å². The van der Waals surface area contributed by atoms with Crippen LogP contribution in [0.25, 0.3) is 0 Å². The topological polar surface area (TPSA) is 64.4 Å². The van der Waals surface area contributed by atoms with Crippen LogP contribution in [0.3, 0.4) is 0 Å². The summed E-state index contributed by atoms with van der Waals surface area (Å²) >= 11 is 0. The van der Waals surface area contributed by atoms with Crippen LogP contribution in [0.1, 0.15) is 5.69 Å². The summed E-state index contributed by atoms with van der Waals surface area (Å²) in [5, 5.41) is 4.24. The molecule has 0 amide bonds. The minimum Gasteiger partial charge on any atom is -0.384 e. The molecule has 2 heterocycles. The zero-order valence-corrected chi connectivity index (χ0v) is 13.5. The van der Waals surface area contributed by atoms with Crippen LogP contribution >= 0.6 is 0 Å². The number of rotatable bonds is 4. The average Bonchev–Trinajstić information content (AvgIpc) is 2.86. The normalized spacial score (nSPS) is 19.3. The second kappa shape index (κ2) is 6.38. The molecule has 1 unspecified atom stereocenters. The average molecular weight is 339 g/mol. The maximum atomic E-state index is 13.1. The van der Waals surface area contributed by atoms with Crippen molar-refractivity contribution in [3.05, 3.63) is 48.0 Å². The zero-order valence-electron chi connectivity index (χ0n) is 12.7. The third kappa shape index (κ3) is 3.29. The van der Waals surface area contributed by atoms with E-state index in [4.69, 9.17) is 4.74 Å². The van der Waals surface area contributed by atoms with Crippen LogP contribution < -0.4 is 0 Å². The van der Waals surface area contributed by atoms with Crippen molar-refractivity contribution in [2.45, 2.75) is 18.0 Å². The molecule has 0 saturated carbocycles. The number of hydrogen-bond donors (Lipinski definition) is 0. The Morgan fingerprint density at radius 3 is 2.70 bits per heavy atom. The van der Waals surface area contributed by atoms with Crippen molar-refractivity contribution in [2.24, 2.45) is 5.92 Å². The fourth-order valence-corrected chi connectivity index (χ4v) is 4.26. The predicted molar refractivity (Wildman–Crippen MR) is 81.6 cm³/mol. The van der Waals surface area contributed by atoms with Crippen LogP contribution in [0.4, 0.5) is 4.39 Å². The van der Waals surface area contributed by atoms with E-state index >= 15 is 0 Å². The number of ether oxygens (including phenoxy) is 1. The first-order valence-electron chi connectivity index (χ1n) is 7.26. The van der Waals surface area contributed by atoms with Gasteiger partial charge in [-0.05, 0) is 30.3 Å². The van der Waals surface area contributed by atoms with Crippen LogP contribution in [0, 0.1) is 11.7 Å². The van der Waals surface area contributed by atoms with Crippen molar-refractivity contribution < 1.29 is 17.5 Å². The van der Waals surface area contributed by atoms with E-state index < -0.39 is 15.8 Å². The number of aromatic nitrogens is 2. The van der Waals surface area contributed by atoms with Gasteiger partial charge in [0.2, 0.25) is 10.0 Å². The van der Waals surface area contributed by atoms with E-state index in [1.165, 1.54) is 16.4 Å². The maximum Gasteiger partial charge on any atom is 0.243 e. The van der Waals surface area contributed by atoms with Crippen LogP contribution in [-0.4, -0.2) is 42.8 Å². The van der Waals surface area contributed by atoms with E-state index in [0.29, 0.717) is 19.7 Å². The van der Waals surface area contributed by atoms with Crippen LogP contribution in [-0.2, 0) is 27.8 Å². The Morgan fingerprint density at radius 2 is 2.00 bits per heavy atom. The Kier molecular flexibility index (Phi) is 4.47. The number of benzene rings is 1. The van der Waals surface area contributed by atoms with Gasteiger partial charge < -0.3 is 4.74 Å². The maximum absolute atomic E-state index is 13.1. The summed E-state index contributed by atoms with van der Waals surface area (Å²) in [6, 6.07) is 6.70. The number of methoxy groups -OCH3 is 1. The molecule has 3 rings (SSSR count). The molecule has 1 aliphatic heterocycles. The molecule has 0 bridgehead atoms. The summed E-state index contributed by atoms with van der Waals surface area (Å²) < 4.78 is 47.2. The monoisotopic (exact) mass is 339 g/mol. The molecule has 124 valence electrons. The van der Waals surface area contributed by atoms with Gasteiger partial charge in [-0.2, -0.15) is 9.40 Å². The van der Waals surface area contributed by atoms with Crippen LogP contribution in [0.5, 0.6) is 0 Å². The van der Waals surface area contributed by atoms with E-state index in [9.17, 15) is 12.8 Å². The molecular weight excluding hydrogens is 321 g/mol. The van der Waals surface area contributed by atoms with Gasteiger partial charge in [-0.25, -0.2) is 12.8 Å². The number of nitrogens with zero attached hydrogens (tertiary/aromatic N) is 3. The fourth-order valence-electron chi connectivity index (χ4n) is 2.77. The molecule has 1 aliphatic rings. The standard InChI is InChI=1S/C15H18FN3O3S/c1-22-11-12-8-18(10-14-6-7-17-19(14)9-12)23(20,21)15-4-2-13(16)3-5-15/h2-7,12H,8-11H2,1H3. The van der Waals surface area contributed by atoms with Gasteiger partial charge in [-0.3, -0.25) is 4.68 Å². The van der Waals surface area contributed by atoms with Gasteiger partial charge in [0, 0.05) is 32.3 Å². The second-order valence-corrected chi connectivity index (χ2v) is 7.52. The van der Waals surface area contributed by atoms with E-state index in [1.807, 2.05) is 10.7 Å². The summed E-state index contributed by atoms with van der Waals surface area (Å²) in [6.07, 6.45) is 1.66. The van der Waals surface area contributed by atoms with E-state index in [0.717, 1.165) is 17.8 Å². The van der Waals surface area contributed by atoms with E-state index in [2.05, 4.69) is 5.10 Å². The minimum atomic E-state index is -3.70. The van der Waals surface area contributed by atoms with Crippen LogP contribution in [0.15, 0.2) is 41.4 Å². The molecule has 23 heavy (non-hydrogen) atoms. The van der Waals surface area contributed by atoms with Crippen molar-refractivity contribution in [1.29, 1.82) is 0 Å². The van der Waals surface area contributed by atoms with Crippen molar-refractivity contribution >= 4 is 10.0 Å².